The molecule has 0 aromatic carbocycles. The molecule has 1 heterocycles. The number of hydrogen-bond donors (Lipinski definition) is 2. The number of nitrogens with zero attached hydrogens (tertiary/aromatic N) is 3. The van der Waals surface area contributed by atoms with E-state index in [-0.39, 0.29) is 29.7 Å². The largest absolute Gasteiger partial charge is 0.357 e. The third kappa shape index (κ3) is 8.88. The van der Waals surface area contributed by atoms with Crippen molar-refractivity contribution in [3.05, 3.63) is 24.5 Å². The summed E-state index contributed by atoms with van der Waals surface area (Å²) in [6, 6.07) is 4.00. The zero-order valence-corrected chi connectivity index (χ0v) is 17.9. The van der Waals surface area contributed by atoms with E-state index in [0.717, 1.165) is 25.6 Å². The van der Waals surface area contributed by atoms with E-state index in [1.54, 1.807) is 14.0 Å². The summed E-state index contributed by atoms with van der Waals surface area (Å²) in [5.41, 5.74) is 0. The standard InChI is InChI=1S/C15H29N5O2S.HI/c1-4-16-15(18-10-14-20-12-6-7-13-20)17-9-8-11-19(3)23(21,22)5-2;/h6-7,12-13H,4-5,8-11,14H2,1-3H3,(H2,16,17,18);1H. The Morgan fingerprint density at radius 2 is 1.88 bits per heavy atom. The Morgan fingerprint density at radius 3 is 2.46 bits per heavy atom. The Labute approximate surface area is 163 Å². The van der Waals surface area contributed by atoms with Crippen molar-refractivity contribution in [2.45, 2.75) is 26.8 Å². The maximum absolute atomic E-state index is 11.6. The molecule has 24 heavy (non-hydrogen) atoms. The number of guanidine groups is 1. The van der Waals surface area contributed by atoms with Crippen LogP contribution in [0.4, 0.5) is 0 Å². The first-order valence-corrected chi connectivity index (χ1v) is 9.67. The van der Waals surface area contributed by atoms with Gasteiger partial charge in [-0.2, -0.15) is 0 Å². The highest BCUT2D eigenvalue weighted by Crippen LogP contribution is 1.99. The van der Waals surface area contributed by atoms with Gasteiger partial charge in [0, 0.05) is 52.2 Å². The molecule has 1 aromatic heterocycles. The fourth-order valence-corrected chi connectivity index (χ4v) is 2.86. The van der Waals surface area contributed by atoms with Gasteiger partial charge in [0.05, 0.1) is 5.75 Å². The van der Waals surface area contributed by atoms with E-state index in [0.29, 0.717) is 19.5 Å². The topological polar surface area (TPSA) is 78.7 Å². The normalized spacial score (nSPS) is 12.1. The second kappa shape index (κ2) is 12.5. The molecule has 1 aromatic rings. The molecular weight excluding hydrogens is 441 g/mol. The van der Waals surface area contributed by atoms with Gasteiger partial charge in [-0.05, 0) is 32.4 Å². The van der Waals surface area contributed by atoms with Crippen molar-refractivity contribution < 1.29 is 8.42 Å². The monoisotopic (exact) mass is 471 g/mol. The molecule has 0 atom stereocenters. The van der Waals surface area contributed by atoms with E-state index >= 15 is 0 Å². The lowest BCUT2D eigenvalue weighted by Gasteiger charge is -2.15. The summed E-state index contributed by atoms with van der Waals surface area (Å²) in [4.78, 5) is 4.48. The van der Waals surface area contributed by atoms with Gasteiger partial charge in [0.15, 0.2) is 5.96 Å². The predicted molar refractivity (Wildman–Crippen MR) is 111 cm³/mol. The highest BCUT2D eigenvalue weighted by atomic mass is 127. The average Bonchev–Trinajstić information content (AvgIpc) is 3.04. The Bertz CT molecular complexity index is 560. The minimum atomic E-state index is -3.10. The summed E-state index contributed by atoms with van der Waals surface area (Å²) in [6.07, 6.45) is 4.75. The van der Waals surface area contributed by atoms with Crippen molar-refractivity contribution in [3.8, 4) is 0 Å². The molecule has 0 aliphatic rings. The number of halogens is 1. The highest BCUT2D eigenvalue weighted by molar-refractivity contribution is 14.0. The molecule has 9 heteroatoms. The molecular formula is C15H30IN5O2S. The van der Waals surface area contributed by atoms with Crippen LogP contribution >= 0.6 is 24.0 Å². The molecule has 2 N–H and O–H groups in total. The Kier molecular flexibility index (Phi) is 12.1. The molecule has 1 rings (SSSR count). The minimum Gasteiger partial charge on any atom is -0.357 e. The van der Waals surface area contributed by atoms with Crippen molar-refractivity contribution in [2.24, 2.45) is 4.99 Å². The van der Waals surface area contributed by atoms with E-state index in [1.165, 1.54) is 4.31 Å². The van der Waals surface area contributed by atoms with Crippen LogP contribution in [-0.2, 0) is 16.6 Å². The summed E-state index contributed by atoms with van der Waals surface area (Å²) in [5, 5.41) is 6.46. The predicted octanol–water partition coefficient (Wildman–Crippen LogP) is 1.33. The van der Waals surface area contributed by atoms with Crippen LogP contribution < -0.4 is 10.6 Å². The van der Waals surface area contributed by atoms with Crippen LogP contribution in [0.15, 0.2) is 29.5 Å². The summed E-state index contributed by atoms with van der Waals surface area (Å²) in [7, 11) is -1.48. The van der Waals surface area contributed by atoms with E-state index < -0.39 is 10.0 Å². The summed E-state index contributed by atoms with van der Waals surface area (Å²) in [6.45, 7) is 7.19. The molecule has 0 amide bonds. The first-order chi connectivity index (χ1) is 11.0. The van der Waals surface area contributed by atoms with Gasteiger partial charge in [0.1, 0.15) is 0 Å². The lowest BCUT2D eigenvalue weighted by molar-refractivity contribution is 0.464. The number of nitrogens with one attached hydrogen (secondary N) is 2. The van der Waals surface area contributed by atoms with Gasteiger partial charge >= 0.3 is 0 Å². The number of hydrogen-bond acceptors (Lipinski definition) is 3. The fourth-order valence-electron chi connectivity index (χ4n) is 2.01. The lowest BCUT2D eigenvalue weighted by atomic mass is 10.4. The molecule has 7 nitrogen and oxygen atoms in total. The van der Waals surface area contributed by atoms with E-state index in [4.69, 9.17) is 0 Å². The SMILES string of the molecule is CCNC(=NCCCN(C)S(=O)(=O)CC)NCCn1cccc1.I. The third-order valence-corrected chi connectivity index (χ3v) is 5.28. The van der Waals surface area contributed by atoms with Crippen LogP contribution in [0.3, 0.4) is 0 Å². The molecule has 0 saturated carbocycles. The maximum Gasteiger partial charge on any atom is 0.213 e. The van der Waals surface area contributed by atoms with Crippen molar-refractivity contribution in [2.75, 3.05) is 39.0 Å². The second-order valence-electron chi connectivity index (χ2n) is 5.18. The third-order valence-electron chi connectivity index (χ3n) is 3.41. The molecule has 0 radical (unpaired) electrons. The van der Waals surface area contributed by atoms with Crippen molar-refractivity contribution in [1.29, 1.82) is 0 Å². The van der Waals surface area contributed by atoms with Crippen LogP contribution in [0.25, 0.3) is 0 Å². The van der Waals surface area contributed by atoms with Crippen molar-refractivity contribution in [3.63, 3.8) is 0 Å². The van der Waals surface area contributed by atoms with Gasteiger partial charge in [-0.3, -0.25) is 4.99 Å². The van der Waals surface area contributed by atoms with Gasteiger partial charge in [0.25, 0.3) is 0 Å². The summed E-state index contributed by atoms with van der Waals surface area (Å²) >= 11 is 0. The summed E-state index contributed by atoms with van der Waals surface area (Å²) < 4.78 is 26.8. The van der Waals surface area contributed by atoms with Gasteiger partial charge in [-0.15, -0.1) is 24.0 Å². The molecule has 0 saturated heterocycles. The van der Waals surface area contributed by atoms with Crippen molar-refractivity contribution in [1.82, 2.24) is 19.5 Å². The molecule has 0 fully saturated rings. The molecule has 0 aliphatic heterocycles. The van der Waals surface area contributed by atoms with Gasteiger partial charge in [-0.1, -0.05) is 0 Å². The Hall–Kier alpha value is -0.810. The highest BCUT2D eigenvalue weighted by Gasteiger charge is 2.13. The van der Waals surface area contributed by atoms with Crippen LogP contribution in [0, 0.1) is 0 Å². The average molecular weight is 471 g/mol. The van der Waals surface area contributed by atoms with Gasteiger partial charge in [-0.25, -0.2) is 12.7 Å². The first kappa shape index (κ1) is 23.2. The van der Waals surface area contributed by atoms with Crippen LogP contribution in [-0.4, -0.2) is 62.2 Å². The lowest BCUT2D eigenvalue weighted by Crippen LogP contribution is -2.39. The smallest absolute Gasteiger partial charge is 0.213 e. The maximum atomic E-state index is 11.6. The molecule has 0 bridgehead atoms. The zero-order valence-electron chi connectivity index (χ0n) is 14.7. The quantitative estimate of drug-likeness (QED) is 0.234. The molecule has 0 unspecified atom stereocenters. The van der Waals surface area contributed by atoms with Gasteiger partial charge < -0.3 is 15.2 Å². The minimum absolute atomic E-state index is 0. The van der Waals surface area contributed by atoms with E-state index in [2.05, 4.69) is 20.2 Å². The van der Waals surface area contributed by atoms with Crippen LogP contribution in [0.1, 0.15) is 20.3 Å². The van der Waals surface area contributed by atoms with E-state index in [9.17, 15) is 8.42 Å². The molecule has 0 spiro atoms. The number of aliphatic imine (C=N–C) groups is 1. The second-order valence-corrected chi connectivity index (χ2v) is 7.55. The fraction of sp³-hybridized carbons (Fsp3) is 0.667. The first-order valence-electron chi connectivity index (χ1n) is 8.06. The molecule has 140 valence electrons. The Balaban J connectivity index is 0.00000529. The Morgan fingerprint density at radius 1 is 1.21 bits per heavy atom. The van der Waals surface area contributed by atoms with Crippen molar-refractivity contribution >= 4 is 40.0 Å². The van der Waals surface area contributed by atoms with Crippen LogP contribution in [0.5, 0.6) is 0 Å². The number of sulfonamides is 1. The zero-order chi connectivity index (χ0) is 17.1. The molecule has 0 aliphatic carbocycles. The number of aromatic nitrogens is 1. The summed E-state index contributed by atoms with van der Waals surface area (Å²) in [5.74, 6) is 0.900. The van der Waals surface area contributed by atoms with E-state index in [1.807, 2.05) is 31.5 Å². The van der Waals surface area contributed by atoms with Crippen LogP contribution in [0.2, 0.25) is 0 Å². The number of rotatable bonds is 10. The van der Waals surface area contributed by atoms with Gasteiger partial charge in [0.2, 0.25) is 10.0 Å².